The minimum Gasteiger partial charge on any atom is -0.478 e. The van der Waals surface area contributed by atoms with Crippen LogP contribution in [0, 0.1) is 5.92 Å². The van der Waals surface area contributed by atoms with Gasteiger partial charge in [-0.2, -0.15) is 0 Å². The van der Waals surface area contributed by atoms with Gasteiger partial charge in [0.2, 0.25) is 0 Å². The van der Waals surface area contributed by atoms with Crippen LogP contribution in [0.5, 0.6) is 5.75 Å². The van der Waals surface area contributed by atoms with E-state index in [0.717, 1.165) is 17.3 Å². The molecule has 1 aliphatic carbocycles. The molecule has 86 valence electrons. The molecular formula is C11H10BrClO3. The molecule has 0 amide bonds. The molecule has 0 saturated heterocycles. The Morgan fingerprint density at radius 1 is 1.56 bits per heavy atom. The molecule has 0 spiro atoms. The zero-order chi connectivity index (χ0) is 11.7. The molecule has 3 nitrogen and oxygen atoms in total. The topological polar surface area (TPSA) is 46.5 Å². The molecule has 1 aliphatic rings. The van der Waals surface area contributed by atoms with Crippen LogP contribution in [0.4, 0.5) is 0 Å². The van der Waals surface area contributed by atoms with Crippen molar-refractivity contribution >= 4 is 33.5 Å². The highest BCUT2D eigenvalue weighted by atomic mass is 79.9. The van der Waals surface area contributed by atoms with Crippen molar-refractivity contribution in [1.82, 2.24) is 0 Å². The van der Waals surface area contributed by atoms with Crippen LogP contribution >= 0.6 is 27.5 Å². The van der Waals surface area contributed by atoms with Crippen molar-refractivity contribution in [3.63, 3.8) is 0 Å². The highest BCUT2D eigenvalue weighted by Crippen LogP contribution is 2.37. The Balaban J connectivity index is 2.17. The number of ether oxygens (including phenoxy) is 1. The summed E-state index contributed by atoms with van der Waals surface area (Å²) in [4.78, 5) is 11.0. The molecule has 0 radical (unpaired) electrons. The lowest BCUT2D eigenvalue weighted by molar-refractivity contribution is -0.146. The first-order valence-electron chi connectivity index (χ1n) is 4.92. The fraction of sp³-hybridized carbons (Fsp3) is 0.364. The standard InChI is InChI=1S/C11H10BrClO3/c12-7-3-4-8(13)9(5-7)16-10(11(14)15)6-1-2-6/h3-6,10H,1-2H2,(H,14,15). The van der Waals surface area contributed by atoms with Gasteiger partial charge in [-0.1, -0.05) is 27.5 Å². The normalized spacial score (nSPS) is 16.9. The number of hydrogen-bond acceptors (Lipinski definition) is 2. The van der Waals surface area contributed by atoms with E-state index < -0.39 is 12.1 Å². The summed E-state index contributed by atoms with van der Waals surface area (Å²) in [5, 5.41) is 9.45. The van der Waals surface area contributed by atoms with Gasteiger partial charge in [-0.3, -0.25) is 0 Å². The van der Waals surface area contributed by atoms with Crippen LogP contribution in [0.2, 0.25) is 5.02 Å². The van der Waals surface area contributed by atoms with Crippen molar-refractivity contribution in [2.24, 2.45) is 5.92 Å². The molecule has 1 aromatic carbocycles. The van der Waals surface area contributed by atoms with Crippen LogP contribution in [-0.4, -0.2) is 17.2 Å². The Morgan fingerprint density at radius 3 is 2.81 bits per heavy atom. The SMILES string of the molecule is O=C(O)C(Oc1cc(Br)ccc1Cl)C1CC1. The second-order valence-electron chi connectivity index (χ2n) is 3.79. The molecule has 2 rings (SSSR count). The summed E-state index contributed by atoms with van der Waals surface area (Å²) in [5.74, 6) is -0.401. The van der Waals surface area contributed by atoms with Crippen molar-refractivity contribution in [1.29, 1.82) is 0 Å². The number of carboxylic acids is 1. The molecule has 16 heavy (non-hydrogen) atoms. The molecule has 0 aromatic heterocycles. The molecule has 1 saturated carbocycles. The highest BCUT2D eigenvalue weighted by Gasteiger charge is 2.38. The summed E-state index contributed by atoms with van der Waals surface area (Å²) < 4.78 is 6.26. The van der Waals surface area contributed by atoms with Crippen molar-refractivity contribution in [2.75, 3.05) is 0 Å². The van der Waals surface area contributed by atoms with Crippen LogP contribution in [-0.2, 0) is 4.79 Å². The van der Waals surface area contributed by atoms with E-state index in [1.165, 1.54) is 0 Å². The Labute approximate surface area is 106 Å². The molecule has 0 aliphatic heterocycles. The van der Waals surface area contributed by atoms with Gasteiger partial charge in [0.25, 0.3) is 0 Å². The third-order valence-electron chi connectivity index (χ3n) is 2.44. The Kier molecular flexibility index (Phi) is 3.40. The summed E-state index contributed by atoms with van der Waals surface area (Å²) in [6.07, 6.45) is 1.03. The lowest BCUT2D eigenvalue weighted by Crippen LogP contribution is -2.29. The minimum absolute atomic E-state index is 0.118. The first kappa shape index (κ1) is 11.7. The van der Waals surface area contributed by atoms with Gasteiger partial charge in [-0.15, -0.1) is 0 Å². The maximum atomic E-state index is 11.0. The molecule has 1 unspecified atom stereocenters. The van der Waals surface area contributed by atoms with Gasteiger partial charge in [0.05, 0.1) is 5.02 Å². The fourth-order valence-corrected chi connectivity index (χ4v) is 1.95. The smallest absolute Gasteiger partial charge is 0.345 e. The van der Waals surface area contributed by atoms with Gasteiger partial charge >= 0.3 is 5.97 Å². The van der Waals surface area contributed by atoms with E-state index in [-0.39, 0.29) is 5.92 Å². The van der Waals surface area contributed by atoms with Crippen LogP contribution < -0.4 is 4.74 Å². The maximum Gasteiger partial charge on any atom is 0.345 e. The minimum atomic E-state index is -0.932. The van der Waals surface area contributed by atoms with E-state index >= 15 is 0 Å². The second-order valence-corrected chi connectivity index (χ2v) is 5.11. The fourth-order valence-electron chi connectivity index (χ4n) is 1.45. The van der Waals surface area contributed by atoms with E-state index in [0.29, 0.717) is 10.8 Å². The lowest BCUT2D eigenvalue weighted by Gasteiger charge is -2.15. The number of hydrogen-bond donors (Lipinski definition) is 1. The highest BCUT2D eigenvalue weighted by molar-refractivity contribution is 9.10. The number of carbonyl (C=O) groups is 1. The van der Waals surface area contributed by atoms with Gasteiger partial charge in [-0.05, 0) is 31.0 Å². The Hall–Kier alpha value is -0.740. The van der Waals surface area contributed by atoms with Gasteiger partial charge in [-0.25, -0.2) is 4.79 Å². The molecule has 1 N–H and O–H groups in total. The lowest BCUT2D eigenvalue weighted by atomic mass is 10.2. The Bertz CT molecular complexity index is 418. The number of halogens is 2. The van der Waals surface area contributed by atoms with Crippen molar-refractivity contribution in [3.8, 4) is 5.75 Å². The monoisotopic (exact) mass is 304 g/mol. The van der Waals surface area contributed by atoms with Gasteiger partial charge < -0.3 is 9.84 Å². The molecule has 1 atom stereocenters. The predicted octanol–water partition coefficient (Wildman–Crippen LogP) is 3.34. The van der Waals surface area contributed by atoms with Gasteiger partial charge in [0, 0.05) is 10.4 Å². The molecule has 1 aromatic rings. The van der Waals surface area contributed by atoms with Crippen molar-refractivity contribution < 1.29 is 14.6 Å². The summed E-state index contributed by atoms with van der Waals surface area (Å²) in [6, 6.07) is 5.13. The first-order valence-corrected chi connectivity index (χ1v) is 6.09. The molecular weight excluding hydrogens is 295 g/mol. The van der Waals surface area contributed by atoms with Crippen molar-refractivity contribution in [3.05, 3.63) is 27.7 Å². The van der Waals surface area contributed by atoms with Gasteiger partial charge in [0.1, 0.15) is 5.75 Å². The molecule has 0 bridgehead atoms. The molecule has 5 heteroatoms. The van der Waals surface area contributed by atoms with Crippen LogP contribution in [0.15, 0.2) is 22.7 Å². The first-order chi connectivity index (χ1) is 7.58. The van der Waals surface area contributed by atoms with Gasteiger partial charge in [0.15, 0.2) is 6.10 Å². The average molecular weight is 306 g/mol. The summed E-state index contributed by atoms with van der Waals surface area (Å²) in [6.45, 7) is 0. The third-order valence-corrected chi connectivity index (χ3v) is 3.25. The number of benzene rings is 1. The summed E-state index contributed by atoms with van der Waals surface area (Å²) >= 11 is 9.22. The van der Waals surface area contributed by atoms with Crippen LogP contribution in [0.25, 0.3) is 0 Å². The number of carboxylic acid groups (broad SMARTS) is 1. The summed E-state index contributed by atoms with van der Waals surface area (Å²) in [5.41, 5.74) is 0. The summed E-state index contributed by atoms with van der Waals surface area (Å²) in [7, 11) is 0. The quantitative estimate of drug-likeness (QED) is 0.928. The second kappa shape index (κ2) is 4.63. The van der Waals surface area contributed by atoms with E-state index in [1.807, 2.05) is 0 Å². The average Bonchev–Trinajstić information content (AvgIpc) is 3.02. The van der Waals surface area contributed by atoms with E-state index in [9.17, 15) is 4.79 Å². The maximum absolute atomic E-state index is 11.0. The van der Waals surface area contributed by atoms with E-state index in [1.54, 1.807) is 18.2 Å². The zero-order valence-electron chi connectivity index (χ0n) is 8.32. The van der Waals surface area contributed by atoms with Crippen LogP contribution in [0.1, 0.15) is 12.8 Å². The van der Waals surface area contributed by atoms with E-state index in [2.05, 4.69) is 15.9 Å². The van der Waals surface area contributed by atoms with Crippen LogP contribution in [0.3, 0.4) is 0 Å². The zero-order valence-corrected chi connectivity index (χ0v) is 10.7. The Morgan fingerprint density at radius 2 is 2.25 bits per heavy atom. The largest absolute Gasteiger partial charge is 0.478 e. The third kappa shape index (κ3) is 2.68. The number of rotatable bonds is 4. The van der Waals surface area contributed by atoms with Crippen molar-refractivity contribution in [2.45, 2.75) is 18.9 Å². The van der Waals surface area contributed by atoms with E-state index in [4.69, 9.17) is 21.4 Å². The number of aliphatic carboxylic acids is 1. The molecule has 1 fully saturated rings. The molecule has 0 heterocycles. The predicted molar refractivity (Wildman–Crippen MR) is 63.9 cm³/mol.